The zero-order valence-corrected chi connectivity index (χ0v) is 6.53. The number of carbonyl (C=O) groups excluding carboxylic acids is 1. The molecule has 0 fully saturated rings. The number of amides is 1. The second-order valence-corrected chi connectivity index (χ2v) is 1.25. The van der Waals surface area contributed by atoms with Crippen LogP contribution in [0.15, 0.2) is 0 Å². The Hall–Kier alpha value is -0.236. The molecule has 4 heteroatoms. The van der Waals surface area contributed by atoms with Crippen molar-refractivity contribution in [3.63, 3.8) is 0 Å². The van der Waals surface area contributed by atoms with Crippen LogP contribution in [-0.4, -0.2) is 19.2 Å². The third kappa shape index (κ3) is 7.76. The Labute approximate surface area is 65.1 Å². The van der Waals surface area contributed by atoms with E-state index in [9.17, 15) is 4.79 Å². The maximum atomic E-state index is 10.3. The van der Waals surface area contributed by atoms with Crippen LogP contribution < -0.4 is 5.32 Å². The first-order chi connectivity index (χ1) is 3.81. The predicted molar refractivity (Wildman–Crippen MR) is 30.7 cm³/mol. The van der Waals surface area contributed by atoms with E-state index in [-0.39, 0.29) is 22.6 Å². The van der Waals surface area contributed by atoms with Gasteiger partial charge in [0.15, 0.2) is 0 Å². The summed E-state index contributed by atoms with van der Waals surface area (Å²) < 4.78 is 4.53. The fraction of sp³-hybridized carbons (Fsp3) is 0.800. The average molecular weight is 176 g/mol. The maximum absolute atomic E-state index is 10.3. The largest absolute Gasteiger partial charge is 0.450 e. The van der Waals surface area contributed by atoms with E-state index in [2.05, 4.69) is 10.1 Å². The smallest absolute Gasteiger partial charge is 0.407 e. The van der Waals surface area contributed by atoms with E-state index >= 15 is 0 Å². The Morgan fingerprint density at radius 2 is 2.11 bits per heavy atom. The van der Waals surface area contributed by atoms with Crippen LogP contribution in [0.1, 0.15) is 13.8 Å². The van der Waals surface area contributed by atoms with Crippen molar-refractivity contribution in [2.24, 2.45) is 0 Å². The molecule has 0 aliphatic rings. The number of carbonyl (C=O) groups is 1. The Balaban J connectivity index is 0. The first kappa shape index (κ1) is 11.5. The van der Waals surface area contributed by atoms with E-state index in [1.807, 2.05) is 6.92 Å². The number of hydrogen-bond donors (Lipinski definition) is 1. The molecule has 58 valence electrons. The van der Waals surface area contributed by atoms with Gasteiger partial charge in [-0.25, -0.2) is 4.79 Å². The number of hydrogen-bond acceptors (Lipinski definition) is 2. The van der Waals surface area contributed by atoms with Crippen LogP contribution in [-0.2, 0) is 21.2 Å². The molecule has 0 bridgehead atoms. The molecule has 0 aromatic carbocycles. The molecule has 9 heavy (non-hydrogen) atoms. The Morgan fingerprint density at radius 3 is 2.44 bits per heavy atom. The maximum Gasteiger partial charge on any atom is 0.407 e. The van der Waals surface area contributed by atoms with Crippen LogP contribution in [0.5, 0.6) is 0 Å². The van der Waals surface area contributed by atoms with Gasteiger partial charge in [-0.3, -0.25) is 0 Å². The van der Waals surface area contributed by atoms with Crippen LogP contribution in [0.4, 0.5) is 4.79 Å². The molecule has 0 aliphatic carbocycles. The molecule has 0 saturated carbocycles. The second kappa shape index (κ2) is 7.76. The molecule has 0 heterocycles. The summed E-state index contributed by atoms with van der Waals surface area (Å²) in [4.78, 5) is 10.3. The molecule has 0 aromatic heterocycles. The van der Waals surface area contributed by atoms with Crippen LogP contribution in [0.2, 0.25) is 0 Å². The topological polar surface area (TPSA) is 38.3 Å². The molecule has 0 saturated heterocycles. The molecule has 3 nitrogen and oxygen atoms in total. The summed E-state index contributed by atoms with van der Waals surface area (Å²) in [5.41, 5.74) is 0. The molecule has 0 unspecified atom stereocenters. The minimum absolute atomic E-state index is 0. The van der Waals surface area contributed by atoms with Gasteiger partial charge in [-0.2, -0.15) is 0 Å². The summed E-state index contributed by atoms with van der Waals surface area (Å²) >= 11 is 0. The predicted octanol–water partition coefficient (Wildman–Crippen LogP) is 0.750. The van der Waals surface area contributed by atoms with E-state index in [0.29, 0.717) is 13.2 Å². The normalized spacial score (nSPS) is 7.33. The quantitative estimate of drug-likeness (QED) is 0.630. The van der Waals surface area contributed by atoms with Gasteiger partial charge in [-0.05, 0) is 13.8 Å². The van der Waals surface area contributed by atoms with Gasteiger partial charge in [0.1, 0.15) is 0 Å². The second-order valence-electron chi connectivity index (χ2n) is 1.25. The summed E-state index contributed by atoms with van der Waals surface area (Å²) in [6, 6.07) is 0. The standard InChI is InChI=1S/C5H11NO2.Ni/c1-3-6-5(7)8-4-2;/h3-4H2,1-2H3,(H,6,7);. The summed E-state index contributed by atoms with van der Waals surface area (Å²) in [5.74, 6) is 0. The van der Waals surface area contributed by atoms with Crippen molar-refractivity contribution in [2.45, 2.75) is 13.8 Å². The molecule has 0 spiro atoms. The molecule has 0 rings (SSSR count). The third-order valence-corrected chi connectivity index (χ3v) is 0.597. The van der Waals surface area contributed by atoms with Crippen molar-refractivity contribution >= 4 is 6.09 Å². The first-order valence-corrected chi connectivity index (χ1v) is 2.71. The van der Waals surface area contributed by atoms with Crippen molar-refractivity contribution in [1.82, 2.24) is 5.32 Å². The molecule has 0 aromatic rings. The van der Waals surface area contributed by atoms with Crippen molar-refractivity contribution in [3.8, 4) is 0 Å². The van der Waals surface area contributed by atoms with Crippen LogP contribution in [0.25, 0.3) is 0 Å². The summed E-state index contributed by atoms with van der Waals surface area (Å²) in [6.45, 7) is 4.68. The minimum Gasteiger partial charge on any atom is -0.450 e. The van der Waals surface area contributed by atoms with Gasteiger partial charge in [0.2, 0.25) is 0 Å². The third-order valence-electron chi connectivity index (χ3n) is 0.597. The number of nitrogens with one attached hydrogen (secondary N) is 1. The zero-order valence-electron chi connectivity index (χ0n) is 5.55. The van der Waals surface area contributed by atoms with Crippen LogP contribution >= 0.6 is 0 Å². The average Bonchev–Trinajstić information content (AvgIpc) is 1.68. The molecule has 1 amide bonds. The van der Waals surface area contributed by atoms with Crippen LogP contribution in [0, 0.1) is 0 Å². The van der Waals surface area contributed by atoms with Crippen molar-refractivity contribution in [3.05, 3.63) is 0 Å². The molecule has 0 atom stereocenters. The molecular formula is C5H11NNiO2. The number of alkyl carbamates (subject to hydrolysis) is 1. The zero-order chi connectivity index (χ0) is 6.41. The number of rotatable bonds is 2. The van der Waals surface area contributed by atoms with E-state index < -0.39 is 0 Å². The van der Waals surface area contributed by atoms with Gasteiger partial charge < -0.3 is 10.1 Å². The van der Waals surface area contributed by atoms with E-state index in [1.54, 1.807) is 6.92 Å². The summed E-state index contributed by atoms with van der Waals surface area (Å²) in [7, 11) is 0. The Bertz CT molecular complexity index is 69.4. The fourth-order valence-corrected chi connectivity index (χ4v) is 0.326. The van der Waals surface area contributed by atoms with Gasteiger partial charge >= 0.3 is 6.09 Å². The van der Waals surface area contributed by atoms with Crippen LogP contribution in [0.3, 0.4) is 0 Å². The van der Waals surface area contributed by atoms with Crippen molar-refractivity contribution in [2.75, 3.05) is 13.2 Å². The van der Waals surface area contributed by atoms with E-state index in [1.165, 1.54) is 0 Å². The van der Waals surface area contributed by atoms with E-state index in [4.69, 9.17) is 0 Å². The monoisotopic (exact) mass is 175 g/mol. The van der Waals surface area contributed by atoms with Gasteiger partial charge in [-0.15, -0.1) is 0 Å². The summed E-state index contributed by atoms with van der Waals surface area (Å²) in [6.07, 6.45) is -0.338. The van der Waals surface area contributed by atoms with Crippen molar-refractivity contribution in [1.29, 1.82) is 0 Å². The van der Waals surface area contributed by atoms with E-state index in [0.717, 1.165) is 0 Å². The molecular weight excluding hydrogens is 165 g/mol. The Morgan fingerprint density at radius 1 is 1.56 bits per heavy atom. The van der Waals surface area contributed by atoms with Gasteiger partial charge in [0, 0.05) is 23.0 Å². The van der Waals surface area contributed by atoms with Gasteiger partial charge in [0.25, 0.3) is 0 Å². The Kier molecular flexibility index (Phi) is 9.96. The molecule has 1 N–H and O–H groups in total. The fourth-order valence-electron chi connectivity index (χ4n) is 0.326. The van der Waals surface area contributed by atoms with Gasteiger partial charge in [-0.1, -0.05) is 0 Å². The summed E-state index contributed by atoms with van der Waals surface area (Å²) in [5, 5.41) is 2.49. The first-order valence-electron chi connectivity index (χ1n) is 2.71. The minimum atomic E-state index is -0.338. The molecule has 0 radical (unpaired) electrons. The number of ether oxygens (including phenoxy) is 1. The SMILES string of the molecule is CCNC(=O)OCC.[Ni]. The van der Waals surface area contributed by atoms with Gasteiger partial charge in [0.05, 0.1) is 6.61 Å². The van der Waals surface area contributed by atoms with Crippen molar-refractivity contribution < 1.29 is 26.0 Å². The molecule has 0 aliphatic heterocycles.